The molecule has 1 aliphatic carbocycles. The van der Waals surface area contributed by atoms with Crippen molar-refractivity contribution in [3.8, 4) is 0 Å². The monoisotopic (exact) mass is 276 g/mol. The van der Waals surface area contributed by atoms with Gasteiger partial charge < -0.3 is 14.4 Å². The lowest BCUT2D eigenvalue weighted by Crippen LogP contribution is -2.36. The van der Waals surface area contributed by atoms with Crippen molar-refractivity contribution in [2.75, 3.05) is 26.3 Å². The highest BCUT2D eigenvalue weighted by atomic mass is 16.6. The summed E-state index contributed by atoms with van der Waals surface area (Å²) in [6.07, 6.45) is 6.40. The van der Waals surface area contributed by atoms with Crippen LogP contribution in [0.1, 0.15) is 32.6 Å². The minimum Gasteiger partial charge on any atom is -0.407 e. The lowest BCUT2D eigenvalue weighted by molar-refractivity contribution is -0.130. The first-order valence-electron chi connectivity index (χ1n) is 7.28. The fourth-order valence-corrected chi connectivity index (χ4v) is 2.94. The van der Waals surface area contributed by atoms with E-state index in [1.807, 2.05) is 6.08 Å². The number of nitrogens with zero attached hydrogens (tertiary/aromatic N) is 2. The predicted octanol–water partition coefficient (Wildman–Crippen LogP) is 2.01. The van der Waals surface area contributed by atoms with Gasteiger partial charge in [0.15, 0.2) is 11.6 Å². The molecule has 0 saturated carbocycles. The zero-order valence-corrected chi connectivity index (χ0v) is 11.9. The summed E-state index contributed by atoms with van der Waals surface area (Å²) in [4.78, 5) is 18.2. The van der Waals surface area contributed by atoms with Crippen LogP contribution >= 0.6 is 0 Å². The van der Waals surface area contributed by atoms with Crippen LogP contribution in [-0.4, -0.2) is 43.1 Å². The molecule has 5 nitrogen and oxygen atoms in total. The topological polar surface area (TPSA) is 51.1 Å². The summed E-state index contributed by atoms with van der Waals surface area (Å²) < 4.78 is 10.4. The molecule has 0 radical (unpaired) electrons. The third kappa shape index (κ3) is 2.77. The molecule has 1 saturated heterocycles. The highest BCUT2D eigenvalue weighted by Crippen LogP contribution is 2.30. The van der Waals surface area contributed by atoms with Crippen molar-refractivity contribution in [1.29, 1.82) is 0 Å². The van der Waals surface area contributed by atoms with Crippen molar-refractivity contribution < 1.29 is 14.3 Å². The summed E-state index contributed by atoms with van der Waals surface area (Å²) in [5.41, 5.74) is 3.04. The lowest BCUT2D eigenvalue weighted by atomic mass is 9.94. The van der Waals surface area contributed by atoms with E-state index in [2.05, 4.69) is 9.89 Å². The van der Waals surface area contributed by atoms with Gasteiger partial charge >= 0.3 is 5.97 Å². The van der Waals surface area contributed by atoms with E-state index >= 15 is 0 Å². The SMILES string of the molecule is CC1=N/C(=C\C2=C(N3CCOCC3)CCCC2)C(=O)O1. The van der Waals surface area contributed by atoms with E-state index in [0.717, 1.165) is 39.1 Å². The van der Waals surface area contributed by atoms with Gasteiger partial charge in [-0.05, 0) is 37.3 Å². The summed E-state index contributed by atoms with van der Waals surface area (Å²) in [6, 6.07) is 0. The summed E-state index contributed by atoms with van der Waals surface area (Å²) in [6.45, 7) is 5.15. The van der Waals surface area contributed by atoms with Crippen molar-refractivity contribution in [3.05, 3.63) is 23.0 Å². The Morgan fingerprint density at radius 1 is 1.20 bits per heavy atom. The average molecular weight is 276 g/mol. The van der Waals surface area contributed by atoms with Gasteiger partial charge in [0.2, 0.25) is 0 Å². The van der Waals surface area contributed by atoms with E-state index in [4.69, 9.17) is 9.47 Å². The van der Waals surface area contributed by atoms with Crippen LogP contribution in [-0.2, 0) is 14.3 Å². The second-order valence-electron chi connectivity index (χ2n) is 5.33. The maximum atomic E-state index is 11.7. The number of ether oxygens (including phenoxy) is 2. The molecule has 0 aromatic carbocycles. The molecule has 3 rings (SSSR count). The number of esters is 1. The van der Waals surface area contributed by atoms with Crippen LogP contribution in [0.2, 0.25) is 0 Å². The van der Waals surface area contributed by atoms with Gasteiger partial charge in [-0.15, -0.1) is 0 Å². The molecule has 0 bridgehead atoms. The summed E-state index contributed by atoms with van der Waals surface area (Å²) >= 11 is 0. The van der Waals surface area contributed by atoms with Crippen LogP contribution < -0.4 is 0 Å². The number of morpholine rings is 1. The zero-order chi connectivity index (χ0) is 13.9. The number of hydrogen-bond acceptors (Lipinski definition) is 5. The molecule has 20 heavy (non-hydrogen) atoms. The number of hydrogen-bond donors (Lipinski definition) is 0. The average Bonchev–Trinajstić information content (AvgIpc) is 2.78. The zero-order valence-electron chi connectivity index (χ0n) is 11.9. The molecule has 1 fully saturated rings. The van der Waals surface area contributed by atoms with E-state index in [0.29, 0.717) is 11.6 Å². The third-order valence-electron chi connectivity index (χ3n) is 3.91. The third-order valence-corrected chi connectivity index (χ3v) is 3.91. The number of cyclic esters (lactones) is 1. The van der Waals surface area contributed by atoms with Crippen molar-refractivity contribution in [2.45, 2.75) is 32.6 Å². The fraction of sp³-hybridized carbons (Fsp3) is 0.600. The van der Waals surface area contributed by atoms with Crippen molar-refractivity contribution in [2.24, 2.45) is 4.99 Å². The molecule has 0 atom stereocenters. The summed E-state index contributed by atoms with van der Waals surface area (Å²) in [5, 5.41) is 0. The Labute approximate surface area is 118 Å². The van der Waals surface area contributed by atoms with Crippen LogP contribution in [0.5, 0.6) is 0 Å². The Morgan fingerprint density at radius 2 is 1.95 bits per heavy atom. The van der Waals surface area contributed by atoms with Crippen molar-refractivity contribution in [3.63, 3.8) is 0 Å². The Hall–Kier alpha value is -1.62. The Balaban J connectivity index is 1.88. The Morgan fingerprint density at radius 3 is 2.65 bits per heavy atom. The Kier molecular flexibility index (Phi) is 3.87. The van der Waals surface area contributed by atoms with Gasteiger partial charge in [-0.1, -0.05) is 0 Å². The maximum absolute atomic E-state index is 11.7. The molecule has 0 aromatic rings. The van der Waals surface area contributed by atoms with Gasteiger partial charge in [-0.2, -0.15) is 0 Å². The largest absolute Gasteiger partial charge is 0.407 e. The minimum atomic E-state index is -0.332. The van der Waals surface area contributed by atoms with Crippen LogP contribution in [0.3, 0.4) is 0 Å². The molecular weight excluding hydrogens is 256 g/mol. The normalized spacial score (nSPS) is 26.1. The predicted molar refractivity (Wildman–Crippen MR) is 75.2 cm³/mol. The van der Waals surface area contributed by atoms with Gasteiger partial charge in [-0.25, -0.2) is 9.79 Å². The Bertz CT molecular complexity index is 499. The quantitative estimate of drug-likeness (QED) is 0.572. The molecule has 0 amide bonds. The molecule has 3 aliphatic rings. The molecule has 0 spiro atoms. The van der Waals surface area contributed by atoms with Gasteiger partial charge in [0, 0.05) is 25.7 Å². The number of rotatable bonds is 2. The number of carbonyl (C=O) groups is 1. The molecule has 0 unspecified atom stereocenters. The second-order valence-corrected chi connectivity index (χ2v) is 5.33. The van der Waals surface area contributed by atoms with E-state index in [-0.39, 0.29) is 5.97 Å². The first kappa shape index (κ1) is 13.4. The van der Waals surface area contributed by atoms with E-state index in [1.165, 1.54) is 24.1 Å². The maximum Gasteiger partial charge on any atom is 0.363 e. The number of carbonyl (C=O) groups excluding carboxylic acids is 1. The van der Waals surface area contributed by atoms with Crippen LogP contribution in [0.15, 0.2) is 28.0 Å². The lowest BCUT2D eigenvalue weighted by Gasteiger charge is -2.34. The number of aliphatic imine (C=N–C) groups is 1. The van der Waals surface area contributed by atoms with Crippen LogP contribution in [0.25, 0.3) is 0 Å². The molecule has 2 aliphatic heterocycles. The highest BCUT2D eigenvalue weighted by Gasteiger charge is 2.24. The van der Waals surface area contributed by atoms with Gasteiger partial charge in [0.1, 0.15) is 0 Å². The standard InChI is InChI=1S/C15H20N2O3/c1-11-16-13(15(18)20-11)10-12-4-2-3-5-14(12)17-6-8-19-9-7-17/h10H,2-9H2,1H3/b13-10-. The van der Waals surface area contributed by atoms with Crippen molar-refractivity contribution in [1.82, 2.24) is 4.90 Å². The minimum absolute atomic E-state index is 0.332. The van der Waals surface area contributed by atoms with Crippen LogP contribution in [0, 0.1) is 0 Å². The molecule has 2 heterocycles. The summed E-state index contributed by atoms with van der Waals surface area (Å²) in [5.74, 6) is 0.104. The van der Waals surface area contributed by atoms with Gasteiger partial charge in [0.05, 0.1) is 13.2 Å². The first-order chi connectivity index (χ1) is 9.74. The highest BCUT2D eigenvalue weighted by molar-refractivity contribution is 6.04. The molecule has 108 valence electrons. The van der Waals surface area contributed by atoms with Crippen molar-refractivity contribution >= 4 is 11.9 Å². The second kappa shape index (κ2) is 5.79. The van der Waals surface area contributed by atoms with E-state index < -0.39 is 0 Å². The molecule has 0 N–H and O–H groups in total. The molecule has 0 aromatic heterocycles. The van der Waals surface area contributed by atoms with Gasteiger partial charge in [-0.3, -0.25) is 0 Å². The van der Waals surface area contributed by atoms with Gasteiger partial charge in [0.25, 0.3) is 0 Å². The molecule has 5 heteroatoms. The fourth-order valence-electron chi connectivity index (χ4n) is 2.94. The smallest absolute Gasteiger partial charge is 0.363 e. The summed E-state index contributed by atoms with van der Waals surface area (Å²) in [7, 11) is 0. The van der Waals surface area contributed by atoms with Crippen LogP contribution in [0.4, 0.5) is 0 Å². The van der Waals surface area contributed by atoms with E-state index in [1.54, 1.807) is 6.92 Å². The first-order valence-corrected chi connectivity index (χ1v) is 7.28. The van der Waals surface area contributed by atoms with E-state index in [9.17, 15) is 4.79 Å². The molecular formula is C15H20N2O3. The number of allylic oxidation sites excluding steroid dienone is 3.